The van der Waals surface area contributed by atoms with Crippen LogP contribution < -0.4 is 5.32 Å². The summed E-state index contributed by atoms with van der Waals surface area (Å²) in [5.41, 5.74) is 0. The Kier molecular flexibility index (Phi) is 5.07. The van der Waals surface area contributed by atoms with Crippen LogP contribution in [0.3, 0.4) is 0 Å². The maximum atomic E-state index is 4.39. The Labute approximate surface area is 90.2 Å². The van der Waals surface area contributed by atoms with E-state index in [4.69, 9.17) is 0 Å². The average molecular weight is 213 g/mol. The summed E-state index contributed by atoms with van der Waals surface area (Å²) in [4.78, 5) is 7.91. The molecule has 0 radical (unpaired) electrons. The highest BCUT2D eigenvalue weighted by Crippen LogP contribution is 2.13. The van der Waals surface area contributed by atoms with Gasteiger partial charge in [0.1, 0.15) is 0 Å². The third-order valence-corrected chi connectivity index (χ3v) is 2.98. The summed E-state index contributed by atoms with van der Waals surface area (Å²) >= 11 is 1.81. The minimum atomic E-state index is 0.954. The molecule has 0 atom stereocenters. The van der Waals surface area contributed by atoms with Gasteiger partial charge in [0, 0.05) is 30.6 Å². The summed E-state index contributed by atoms with van der Waals surface area (Å²) in [7, 11) is 4.18. The number of nitrogens with zero attached hydrogens (tertiary/aromatic N) is 2. The third-order valence-electron chi connectivity index (χ3n) is 1.92. The predicted molar refractivity (Wildman–Crippen MR) is 61.8 cm³/mol. The highest BCUT2D eigenvalue weighted by molar-refractivity contribution is 7.11. The molecule has 0 saturated carbocycles. The SMILES string of the molecule is CCNCc1cnc(CCN(C)C)s1. The minimum absolute atomic E-state index is 0.954. The molecule has 4 heteroatoms. The molecule has 1 heterocycles. The second kappa shape index (κ2) is 6.11. The second-order valence-electron chi connectivity index (χ2n) is 3.55. The number of aromatic nitrogens is 1. The van der Waals surface area contributed by atoms with E-state index in [1.165, 1.54) is 9.88 Å². The molecule has 0 aromatic carbocycles. The third kappa shape index (κ3) is 4.17. The molecule has 0 saturated heterocycles. The molecule has 0 aliphatic carbocycles. The van der Waals surface area contributed by atoms with E-state index in [1.54, 1.807) is 0 Å². The fourth-order valence-corrected chi connectivity index (χ4v) is 1.99. The summed E-state index contributed by atoms with van der Waals surface area (Å²) in [6.07, 6.45) is 3.04. The van der Waals surface area contributed by atoms with Crippen molar-refractivity contribution in [1.29, 1.82) is 0 Å². The molecular formula is C10H19N3S. The highest BCUT2D eigenvalue weighted by Gasteiger charge is 2.01. The molecule has 0 amide bonds. The van der Waals surface area contributed by atoms with Crippen LogP contribution >= 0.6 is 11.3 Å². The Balaban J connectivity index is 2.35. The van der Waals surface area contributed by atoms with Gasteiger partial charge in [0.05, 0.1) is 5.01 Å². The summed E-state index contributed by atoms with van der Waals surface area (Å²) in [5, 5.41) is 4.54. The smallest absolute Gasteiger partial charge is 0.0940 e. The van der Waals surface area contributed by atoms with E-state index in [2.05, 4.69) is 36.2 Å². The van der Waals surface area contributed by atoms with E-state index in [0.717, 1.165) is 26.1 Å². The first-order valence-electron chi connectivity index (χ1n) is 5.01. The lowest BCUT2D eigenvalue weighted by molar-refractivity contribution is 0.413. The van der Waals surface area contributed by atoms with Crippen LogP contribution in [0, 0.1) is 0 Å². The summed E-state index contributed by atoms with van der Waals surface area (Å²) in [6.45, 7) is 5.17. The molecule has 3 nitrogen and oxygen atoms in total. The monoisotopic (exact) mass is 213 g/mol. The standard InChI is InChI=1S/C10H19N3S/c1-4-11-7-9-8-12-10(14-9)5-6-13(2)3/h8,11H,4-7H2,1-3H3. The zero-order chi connectivity index (χ0) is 10.4. The van der Waals surface area contributed by atoms with Gasteiger partial charge in [-0.05, 0) is 20.6 Å². The van der Waals surface area contributed by atoms with Crippen LogP contribution in [0.4, 0.5) is 0 Å². The largest absolute Gasteiger partial charge is 0.312 e. The lowest BCUT2D eigenvalue weighted by atomic mass is 10.4. The van der Waals surface area contributed by atoms with Crippen LogP contribution in [0.15, 0.2) is 6.20 Å². The second-order valence-corrected chi connectivity index (χ2v) is 4.75. The number of hydrogen-bond donors (Lipinski definition) is 1. The molecule has 1 rings (SSSR count). The quantitative estimate of drug-likeness (QED) is 0.773. The number of thiazole rings is 1. The van der Waals surface area contributed by atoms with Gasteiger partial charge in [-0.3, -0.25) is 0 Å². The van der Waals surface area contributed by atoms with Crippen molar-refractivity contribution < 1.29 is 0 Å². The Morgan fingerprint density at radius 2 is 2.29 bits per heavy atom. The van der Waals surface area contributed by atoms with Gasteiger partial charge in [0.25, 0.3) is 0 Å². The first-order valence-corrected chi connectivity index (χ1v) is 5.83. The maximum Gasteiger partial charge on any atom is 0.0940 e. The van der Waals surface area contributed by atoms with Crippen LogP contribution in [0.1, 0.15) is 16.8 Å². The molecule has 14 heavy (non-hydrogen) atoms. The average Bonchev–Trinajstić information content (AvgIpc) is 2.59. The van der Waals surface area contributed by atoms with Crippen LogP contribution in [0.5, 0.6) is 0 Å². The fraction of sp³-hybridized carbons (Fsp3) is 0.700. The number of likely N-dealkylation sites (N-methyl/N-ethyl adjacent to an activating group) is 1. The summed E-state index contributed by atoms with van der Waals surface area (Å²) in [5.74, 6) is 0. The van der Waals surface area contributed by atoms with Gasteiger partial charge in [-0.2, -0.15) is 0 Å². The number of nitrogens with one attached hydrogen (secondary N) is 1. The topological polar surface area (TPSA) is 28.2 Å². The number of hydrogen-bond acceptors (Lipinski definition) is 4. The Hall–Kier alpha value is -0.450. The van der Waals surface area contributed by atoms with Crippen molar-refractivity contribution >= 4 is 11.3 Å². The van der Waals surface area contributed by atoms with Gasteiger partial charge >= 0.3 is 0 Å². The van der Waals surface area contributed by atoms with Gasteiger partial charge in [0.2, 0.25) is 0 Å². The Morgan fingerprint density at radius 3 is 2.93 bits per heavy atom. The van der Waals surface area contributed by atoms with Crippen molar-refractivity contribution in [2.75, 3.05) is 27.2 Å². The minimum Gasteiger partial charge on any atom is -0.312 e. The zero-order valence-electron chi connectivity index (χ0n) is 9.21. The van der Waals surface area contributed by atoms with Gasteiger partial charge < -0.3 is 10.2 Å². The van der Waals surface area contributed by atoms with Crippen molar-refractivity contribution in [1.82, 2.24) is 15.2 Å². The van der Waals surface area contributed by atoms with Crippen molar-refractivity contribution in [3.05, 3.63) is 16.1 Å². The maximum absolute atomic E-state index is 4.39. The van der Waals surface area contributed by atoms with Gasteiger partial charge in [0.15, 0.2) is 0 Å². The molecular weight excluding hydrogens is 194 g/mol. The van der Waals surface area contributed by atoms with Crippen molar-refractivity contribution in [2.24, 2.45) is 0 Å². The first kappa shape index (κ1) is 11.6. The molecule has 1 aromatic heterocycles. The summed E-state index contributed by atoms with van der Waals surface area (Å²) in [6, 6.07) is 0. The molecule has 0 spiro atoms. The van der Waals surface area contributed by atoms with Crippen molar-refractivity contribution in [3.8, 4) is 0 Å². The van der Waals surface area contributed by atoms with Crippen LogP contribution in [0.25, 0.3) is 0 Å². The molecule has 0 unspecified atom stereocenters. The molecule has 0 aliphatic rings. The fourth-order valence-electron chi connectivity index (χ4n) is 1.11. The van der Waals surface area contributed by atoms with Crippen molar-refractivity contribution in [2.45, 2.75) is 19.9 Å². The lowest BCUT2D eigenvalue weighted by Crippen LogP contribution is -2.14. The van der Waals surface area contributed by atoms with E-state index in [-0.39, 0.29) is 0 Å². The highest BCUT2D eigenvalue weighted by atomic mass is 32.1. The Morgan fingerprint density at radius 1 is 1.50 bits per heavy atom. The Bertz CT molecular complexity index is 258. The molecule has 0 aliphatic heterocycles. The van der Waals surface area contributed by atoms with E-state index in [0.29, 0.717) is 0 Å². The number of rotatable bonds is 6. The summed E-state index contributed by atoms with van der Waals surface area (Å²) < 4.78 is 0. The van der Waals surface area contributed by atoms with Gasteiger partial charge in [-0.1, -0.05) is 6.92 Å². The van der Waals surface area contributed by atoms with E-state index < -0.39 is 0 Å². The van der Waals surface area contributed by atoms with Crippen LogP contribution in [-0.2, 0) is 13.0 Å². The van der Waals surface area contributed by atoms with E-state index in [1.807, 2.05) is 17.5 Å². The molecule has 0 fully saturated rings. The van der Waals surface area contributed by atoms with Crippen molar-refractivity contribution in [3.63, 3.8) is 0 Å². The van der Waals surface area contributed by atoms with Crippen LogP contribution in [0.2, 0.25) is 0 Å². The molecule has 0 bridgehead atoms. The predicted octanol–water partition coefficient (Wildman–Crippen LogP) is 1.36. The first-order chi connectivity index (χ1) is 6.72. The zero-order valence-corrected chi connectivity index (χ0v) is 10.0. The van der Waals surface area contributed by atoms with E-state index >= 15 is 0 Å². The normalized spacial score (nSPS) is 11.1. The lowest BCUT2D eigenvalue weighted by Gasteiger charge is -2.06. The van der Waals surface area contributed by atoms with E-state index in [9.17, 15) is 0 Å². The molecule has 80 valence electrons. The van der Waals surface area contributed by atoms with Gasteiger partial charge in [-0.15, -0.1) is 11.3 Å². The molecule has 1 N–H and O–H groups in total. The van der Waals surface area contributed by atoms with Gasteiger partial charge in [-0.25, -0.2) is 4.98 Å². The molecule has 1 aromatic rings. The van der Waals surface area contributed by atoms with Crippen LogP contribution in [-0.4, -0.2) is 37.1 Å².